The molecule has 5 heteroatoms. The summed E-state index contributed by atoms with van der Waals surface area (Å²) < 4.78 is 10.2. The Morgan fingerprint density at radius 1 is 0.906 bits per heavy atom. The summed E-state index contributed by atoms with van der Waals surface area (Å²) >= 11 is 0. The molecule has 0 saturated carbocycles. The molecule has 0 spiro atoms. The van der Waals surface area contributed by atoms with Crippen molar-refractivity contribution in [1.82, 2.24) is 0 Å². The highest BCUT2D eigenvalue weighted by molar-refractivity contribution is 6.16. The molecule has 2 aromatic rings. The maximum absolute atomic E-state index is 13.8. The number of aryl methyl sites for hydroxylation is 1. The minimum Gasteiger partial charge on any atom is -0.468 e. The summed E-state index contributed by atoms with van der Waals surface area (Å²) in [7, 11) is 2.53. The molecule has 5 nitrogen and oxygen atoms in total. The van der Waals surface area contributed by atoms with Crippen LogP contribution in [0.15, 0.2) is 54.1 Å². The standard InChI is InChI=1S/C27H28O5/c1-16-10-12-17(13-11-16)23(28)19-14-27(24(29)31-4,25(30)32-5)15-21-22(19)18-8-6-7-9-20(18)26(21,2)3/h6-13,21H,14-15H2,1-5H3. The molecule has 0 fully saturated rings. The summed E-state index contributed by atoms with van der Waals surface area (Å²) in [6, 6.07) is 15.4. The fourth-order valence-corrected chi connectivity index (χ4v) is 5.43. The lowest BCUT2D eigenvalue weighted by molar-refractivity contribution is -0.170. The molecule has 0 aliphatic heterocycles. The quantitative estimate of drug-likeness (QED) is 0.399. The Kier molecular flexibility index (Phi) is 5.32. The Morgan fingerprint density at radius 2 is 1.50 bits per heavy atom. The van der Waals surface area contributed by atoms with Gasteiger partial charge in [0, 0.05) is 17.6 Å². The van der Waals surface area contributed by atoms with Crippen LogP contribution in [0.5, 0.6) is 0 Å². The zero-order valence-corrected chi connectivity index (χ0v) is 19.2. The molecule has 0 amide bonds. The van der Waals surface area contributed by atoms with E-state index in [9.17, 15) is 14.4 Å². The van der Waals surface area contributed by atoms with Crippen LogP contribution < -0.4 is 0 Å². The molecule has 32 heavy (non-hydrogen) atoms. The van der Waals surface area contributed by atoms with Gasteiger partial charge in [0.05, 0.1) is 14.2 Å². The average molecular weight is 433 g/mol. The third-order valence-electron chi connectivity index (χ3n) is 7.23. The number of allylic oxidation sites excluding steroid dienone is 2. The second kappa shape index (κ2) is 7.73. The van der Waals surface area contributed by atoms with Gasteiger partial charge in [-0.1, -0.05) is 67.9 Å². The van der Waals surface area contributed by atoms with Crippen LogP contribution in [0.4, 0.5) is 0 Å². The van der Waals surface area contributed by atoms with Crippen LogP contribution in [0, 0.1) is 18.3 Å². The lowest BCUT2D eigenvalue weighted by Crippen LogP contribution is -2.48. The molecule has 0 bridgehead atoms. The molecule has 2 aliphatic rings. The Labute approximate surface area is 188 Å². The lowest BCUT2D eigenvalue weighted by atomic mass is 9.61. The number of benzene rings is 2. The van der Waals surface area contributed by atoms with Crippen LogP contribution in [0.3, 0.4) is 0 Å². The molecule has 166 valence electrons. The van der Waals surface area contributed by atoms with Crippen molar-refractivity contribution in [3.63, 3.8) is 0 Å². The fraction of sp³-hybridized carbons (Fsp3) is 0.370. The number of esters is 2. The maximum atomic E-state index is 13.8. The number of methoxy groups -OCH3 is 2. The lowest BCUT2D eigenvalue weighted by Gasteiger charge is -2.41. The van der Waals surface area contributed by atoms with Gasteiger partial charge in [0.2, 0.25) is 0 Å². The second-order valence-corrected chi connectivity index (χ2v) is 9.35. The molecule has 2 aromatic carbocycles. The van der Waals surface area contributed by atoms with E-state index in [1.165, 1.54) is 14.2 Å². The van der Waals surface area contributed by atoms with Crippen molar-refractivity contribution >= 4 is 23.3 Å². The Balaban J connectivity index is 1.99. The van der Waals surface area contributed by atoms with E-state index < -0.39 is 17.4 Å². The first kappa shape index (κ1) is 22.0. The van der Waals surface area contributed by atoms with Gasteiger partial charge in [0.1, 0.15) is 0 Å². The average Bonchev–Trinajstić information content (AvgIpc) is 3.04. The van der Waals surface area contributed by atoms with Crippen LogP contribution in [0.2, 0.25) is 0 Å². The molecule has 4 rings (SSSR count). The molecule has 0 radical (unpaired) electrons. The van der Waals surface area contributed by atoms with Gasteiger partial charge in [-0.2, -0.15) is 0 Å². The van der Waals surface area contributed by atoms with Crippen molar-refractivity contribution < 1.29 is 23.9 Å². The first-order valence-corrected chi connectivity index (χ1v) is 10.8. The van der Waals surface area contributed by atoms with E-state index in [1.807, 2.05) is 37.3 Å². The molecule has 0 N–H and O–H groups in total. The normalized spacial score (nSPS) is 20.2. The highest BCUT2D eigenvalue weighted by Gasteiger charge is 2.59. The number of ether oxygens (including phenoxy) is 2. The molecular formula is C27H28O5. The number of rotatable bonds is 4. The summed E-state index contributed by atoms with van der Waals surface area (Å²) in [6.45, 7) is 6.16. The van der Waals surface area contributed by atoms with Crippen molar-refractivity contribution in [2.24, 2.45) is 11.3 Å². The molecule has 2 aliphatic carbocycles. The van der Waals surface area contributed by atoms with Crippen LogP contribution in [0.25, 0.3) is 5.57 Å². The third kappa shape index (κ3) is 3.10. The van der Waals surface area contributed by atoms with Gasteiger partial charge < -0.3 is 9.47 Å². The van der Waals surface area contributed by atoms with Crippen molar-refractivity contribution in [2.45, 2.75) is 39.0 Å². The maximum Gasteiger partial charge on any atom is 0.323 e. The predicted octanol–water partition coefficient (Wildman–Crippen LogP) is 4.67. The number of fused-ring (bicyclic) bond motifs is 3. The van der Waals surface area contributed by atoms with Crippen LogP contribution in [-0.2, 0) is 24.5 Å². The Morgan fingerprint density at radius 3 is 2.09 bits per heavy atom. The second-order valence-electron chi connectivity index (χ2n) is 9.35. The first-order chi connectivity index (χ1) is 15.2. The highest BCUT2D eigenvalue weighted by atomic mass is 16.5. The summed E-state index contributed by atoms with van der Waals surface area (Å²) in [5, 5.41) is 0. The summed E-state index contributed by atoms with van der Waals surface area (Å²) in [5.74, 6) is -1.71. The minimum absolute atomic E-state index is 0.0463. The van der Waals surface area contributed by atoms with E-state index in [1.54, 1.807) is 12.1 Å². The van der Waals surface area contributed by atoms with E-state index in [2.05, 4.69) is 19.9 Å². The summed E-state index contributed by atoms with van der Waals surface area (Å²) in [5.41, 5.74) is 3.18. The zero-order chi connectivity index (χ0) is 23.3. The van der Waals surface area contributed by atoms with Crippen LogP contribution in [0.1, 0.15) is 53.7 Å². The highest BCUT2D eigenvalue weighted by Crippen LogP contribution is 2.60. The minimum atomic E-state index is -1.56. The van der Waals surface area contributed by atoms with Crippen molar-refractivity contribution in [1.29, 1.82) is 0 Å². The van der Waals surface area contributed by atoms with Crippen molar-refractivity contribution in [3.05, 3.63) is 76.4 Å². The van der Waals surface area contributed by atoms with Gasteiger partial charge in [0.15, 0.2) is 11.2 Å². The topological polar surface area (TPSA) is 69.7 Å². The number of ketones is 1. The van der Waals surface area contributed by atoms with E-state index in [-0.39, 0.29) is 30.0 Å². The van der Waals surface area contributed by atoms with Gasteiger partial charge >= 0.3 is 11.9 Å². The van der Waals surface area contributed by atoms with E-state index in [0.29, 0.717) is 11.1 Å². The number of Topliss-reactive ketones (excluding diaryl/α,β-unsaturated/α-hetero) is 1. The molecule has 0 heterocycles. The Bertz CT molecular complexity index is 1120. The smallest absolute Gasteiger partial charge is 0.323 e. The molecule has 1 atom stereocenters. The summed E-state index contributed by atoms with van der Waals surface area (Å²) in [4.78, 5) is 39.9. The van der Waals surface area contributed by atoms with Gasteiger partial charge in [-0.05, 0) is 41.4 Å². The zero-order valence-electron chi connectivity index (χ0n) is 19.2. The molecule has 0 aromatic heterocycles. The van der Waals surface area contributed by atoms with Gasteiger partial charge in [-0.15, -0.1) is 0 Å². The van der Waals surface area contributed by atoms with Crippen LogP contribution >= 0.6 is 0 Å². The fourth-order valence-electron chi connectivity index (χ4n) is 5.43. The largest absolute Gasteiger partial charge is 0.468 e. The SMILES string of the molecule is COC(=O)C1(C(=O)OC)CC(C(=O)c2ccc(C)cc2)=C2c3ccccc3C(C)(C)C2C1. The van der Waals surface area contributed by atoms with Gasteiger partial charge in [-0.25, -0.2) is 0 Å². The van der Waals surface area contributed by atoms with Crippen molar-refractivity contribution in [2.75, 3.05) is 14.2 Å². The molecule has 0 saturated heterocycles. The van der Waals surface area contributed by atoms with Crippen LogP contribution in [-0.4, -0.2) is 31.9 Å². The predicted molar refractivity (Wildman–Crippen MR) is 121 cm³/mol. The number of hydrogen-bond acceptors (Lipinski definition) is 5. The number of carbonyl (C=O) groups excluding carboxylic acids is 3. The van der Waals surface area contributed by atoms with Gasteiger partial charge in [-0.3, -0.25) is 14.4 Å². The molecular weight excluding hydrogens is 404 g/mol. The summed E-state index contributed by atoms with van der Waals surface area (Å²) in [6.07, 6.45) is 0.184. The number of carbonyl (C=O) groups is 3. The molecule has 1 unspecified atom stereocenters. The third-order valence-corrected chi connectivity index (χ3v) is 7.23. The Hall–Kier alpha value is -3.21. The van der Waals surface area contributed by atoms with Gasteiger partial charge in [0.25, 0.3) is 0 Å². The first-order valence-electron chi connectivity index (χ1n) is 10.8. The van der Waals surface area contributed by atoms with E-state index in [0.717, 1.165) is 22.3 Å². The monoisotopic (exact) mass is 432 g/mol. The van der Waals surface area contributed by atoms with E-state index >= 15 is 0 Å². The number of hydrogen-bond donors (Lipinski definition) is 0. The van der Waals surface area contributed by atoms with Crippen molar-refractivity contribution in [3.8, 4) is 0 Å². The van der Waals surface area contributed by atoms with E-state index in [4.69, 9.17) is 9.47 Å².